The lowest BCUT2D eigenvalue weighted by Gasteiger charge is -2.24. The second kappa shape index (κ2) is 10.1. The molecule has 0 bridgehead atoms. The van der Waals surface area contributed by atoms with E-state index in [-0.39, 0.29) is 11.9 Å². The van der Waals surface area contributed by atoms with Crippen molar-refractivity contribution in [2.24, 2.45) is 0 Å². The molecule has 0 aliphatic carbocycles. The molecule has 0 aliphatic rings. The number of benzene rings is 2. The first-order valence-corrected chi connectivity index (χ1v) is 9.81. The molecule has 1 unspecified atom stereocenters. The van der Waals surface area contributed by atoms with E-state index < -0.39 is 0 Å². The molecule has 1 atom stereocenters. The molecule has 1 N–H and O–H groups in total. The van der Waals surface area contributed by atoms with Gasteiger partial charge in [0.25, 0.3) is 5.91 Å². The van der Waals surface area contributed by atoms with E-state index in [1.54, 1.807) is 0 Å². The highest BCUT2D eigenvalue weighted by Gasteiger charge is 2.13. The first-order chi connectivity index (χ1) is 12.9. The van der Waals surface area contributed by atoms with Crippen molar-refractivity contribution in [3.63, 3.8) is 0 Å². The molecule has 2 aromatic carbocycles. The summed E-state index contributed by atoms with van der Waals surface area (Å²) in [5.41, 5.74) is 2.93. The Morgan fingerprint density at radius 1 is 1.07 bits per heavy atom. The van der Waals surface area contributed by atoms with Gasteiger partial charge in [-0.3, -0.25) is 9.69 Å². The molecule has 146 valence electrons. The Morgan fingerprint density at radius 3 is 2.37 bits per heavy atom. The summed E-state index contributed by atoms with van der Waals surface area (Å²) in [6.45, 7) is 13.1. The van der Waals surface area contributed by atoms with E-state index in [9.17, 15) is 4.79 Å². The van der Waals surface area contributed by atoms with Crippen molar-refractivity contribution in [3.8, 4) is 5.75 Å². The fourth-order valence-electron chi connectivity index (χ4n) is 3.06. The number of rotatable bonds is 9. The Balaban J connectivity index is 2.00. The second-order valence-corrected chi connectivity index (χ2v) is 7.05. The number of ether oxygens (including phenoxy) is 1. The number of hydrogen-bond acceptors (Lipinski definition) is 3. The number of hydrogen-bond donors (Lipinski definition) is 1. The van der Waals surface area contributed by atoms with Crippen LogP contribution in [0, 0.1) is 0 Å². The fourth-order valence-corrected chi connectivity index (χ4v) is 3.06. The summed E-state index contributed by atoms with van der Waals surface area (Å²) in [6.07, 6.45) is 0. The zero-order chi connectivity index (χ0) is 19.8. The van der Waals surface area contributed by atoms with Gasteiger partial charge in [-0.15, -0.1) is 0 Å². The molecule has 1 amide bonds. The normalized spacial score (nSPS) is 12.3. The van der Waals surface area contributed by atoms with Crippen LogP contribution >= 0.6 is 0 Å². The Kier molecular flexibility index (Phi) is 7.86. The van der Waals surface area contributed by atoms with Crippen LogP contribution in [0.4, 0.5) is 0 Å². The topological polar surface area (TPSA) is 41.6 Å². The third-order valence-corrected chi connectivity index (χ3v) is 4.75. The number of nitrogens with one attached hydrogen (secondary N) is 1. The second-order valence-electron chi connectivity index (χ2n) is 7.05. The Morgan fingerprint density at radius 2 is 1.78 bits per heavy atom. The molecule has 0 radical (unpaired) electrons. The van der Waals surface area contributed by atoms with E-state index in [1.165, 1.54) is 5.56 Å². The molecule has 0 heterocycles. The maximum Gasteiger partial charge on any atom is 0.251 e. The maximum atomic E-state index is 12.6. The first-order valence-electron chi connectivity index (χ1n) is 9.81. The van der Waals surface area contributed by atoms with Gasteiger partial charge in [0.15, 0.2) is 0 Å². The van der Waals surface area contributed by atoms with E-state index >= 15 is 0 Å². The molecule has 0 saturated carbocycles. The molecule has 27 heavy (non-hydrogen) atoms. The van der Waals surface area contributed by atoms with Crippen LogP contribution < -0.4 is 10.1 Å². The molecule has 2 aromatic rings. The molecule has 0 aromatic heterocycles. The third kappa shape index (κ3) is 6.10. The van der Waals surface area contributed by atoms with Gasteiger partial charge in [0.2, 0.25) is 0 Å². The lowest BCUT2D eigenvalue weighted by Crippen LogP contribution is -2.30. The molecule has 0 aliphatic heterocycles. The lowest BCUT2D eigenvalue weighted by molar-refractivity contribution is 0.0939. The van der Waals surface area contributed by atoms with Crippen LogP contribution in [0.5, 0.6) is 5.75 Å². The van der Waals surface area contributed by atoms with Crippen molar-refractivity contribution in [2.45, 2.75) is 53.2 Å². The van der Waals surface area contributed by atoms with Gasteiger partial charge in [-0.25, -0.2) is 0 Å². The standard InChI is InChI=1S/C23H32N2O2/c1-6-25(17(3)4)16-19-11-13-20(14-12-19)23(26)24-18(5)21-9-8-10-22(15-21)27-7-2/h8-15,17-18H,6-7,16H2,1-5H3,(H,24,26). The average molecular weight is 369 g/mol. The van der Waals surface area contributed by atoms with Crippen molar-refractivity contribution in [1.82, 2.24) is 10.2 Å². The van der Waals surface area contributed by atoms with E-state index in [4.69, 9.17) is 4.74 Å². The maximum absolute atomic E-state index is 12.6. The van der Waals surface area contributed by atoms with Crippen molar-refractivity contribution in [1.29, 1.82) is 0 Å². The molecule has 0 fully saturated rings. The SMILES string of the molecule is CCOc1cccc(C(C)NC(=O)c2ccc(CN(CC)C(C)C)cc2)c1. The highest BCUT2D eigenvalue weighted by Crippen LogP contribution is 2.20. The largest absolute Gasteiger partial charge is 0.494 e. The van der Waals surface area contributed by atoms with Crippen LogP contribution in [0.15, 0.2) is 48.5 Å². The van der Waals surface area contributed by atoms with Crippen molar-refractivity contribution in [2.75, 3.05) is 13.2 Å². The summed E-state index contributed by atoms with van der Waals surface area (Å²) < 4.78 is 5.54. The van der Waals surface area contributed by atoms with Gasteiger partial charge < -0.3 is 10.1 Å². The third-order valence-electron chi connectivity index (χ3n) is 4.75. The van der Waals surface area contributed by atoms with Gasteiger partial charge in [0.05, 0.1) is 12.6 Å². The summed E-state index contributed by atoms with van der Waals surface area (Å²) in [7, 11) is 0. The Hall–Kier alpha value is -2.33. The fraction of sp³-hybridized carbons (Fsp3) is 0.435. The van der Waals surface area contributed by atoms with Crippen LogP contribution in [0.3, 0.4) is 0 Å². The van der Waals surface area contributed by atoms with Gasteiger partial charge in [-0.1, -0.05) is 31.2 Å². The summed E-state index contributed by atoms with van der Waals surface area (Å²) in [6, 6.07) is 16.2. The van der Waals surface area contributed by atoms with E-state index in [0.29, 0.717) is 18.2 Å². The number of amides is 1. The minimum absolute atomic E-state index is 0.0629. The average Bonchev–Trinajstić information content (AvgIpc) is 2.66. The predicted octanol–water partition coefficient (Wildman–Crippen LogP) is 4.81. The molecule has 2 rings (SSSR count). The highest BCUT2D eigenvalue weighted by atomic mass is 16.5. The highest BCUT2D eigenvalue weighted by molar-refractivity contribution is 5.94. The lowest BCUT2D eigenvalue weighted by atomic mass is 10.1. The van der Waals surface area contributed by atoms with Crippen LogP contribution in [0.25, 0.3) is 0 Å². The van der Waals surface area contributed by atoms with Gasteiger partial charge in [0.1, 0.15) is 5.75 Å². The molecular weight excluding hydrogens is 336 g/mol. The van der Waals surface area contributed by atoms with Crippen molar-refractivity contribution < 1.29 is 9.53 Å². The predicted molar refractivity (Wildman–Crippen MR) is 111 cm³/mol. The Bertz CT molecular complexity index is 725. The van der Waals surface area contributed by atoms with E-state index in [0.717, 1.165) is 24.4 Å². The van der Waals surface area contributed by atoms with Crippen LogP contribution in [-0.4, -0.2) is 30.0 Å². The van der Waals surface area contributed by atoms with Gasteiger partial charge >= 0.3 is 0 Å². The van der Waals surface area contributed by atoms with Crippen LogP contribution in [0.2, 0.25) is 0 Å². The van der Waals surface area contributed by atoms with Gasteiger partial charge in [-0.05, 0) is 69.6 Å². The van der Waals surface area contributed by atoms with E-state index in [1.807, 2.05) is 62.4 Å². The summed E-state index contributed by atoms with van der Waals surface area (Å²) in [4.78, 5) is 15.0. The molecule has 0 saturated heterocycles. The number of nitrogens with zero attached hydrogens (tertiary/aromatic N) is 1. The minimum Gasteiger partial charge on any atom is -0.494 e. The van der Waals surface area contributed by atoms with Crippen LogP contribution in [-0.2, 0) is 6.54 Å². The number of carbonyl (C=O) groups is 1. The molecular formula is C23H32N2O2. The molecule has 4 heteroatoms. The molecule has 4 nitrogen and oxygen atoms in total. The van der Waals surface area contributed by atoms with Gasteiger partial charge in [0, 0.05) is 18.2 Å². The van der Waals surface area contributed by atoms with Crippen molar-refractivity contribution in [3.05, 3.63) is 65.2 Å². The number of carbonyl (C=O) groups excluding carboxylic acids is 1. The van der Waals surface area contributed by atoms with Crippen LogP contribution in [0.1, 0.15) is 62.1 Å². The minimum atomic E-state index is -0.0888. The smallest absolute Gasteiger partial charge is 0.251 e. The monoisotopic (exact) mass is 368 g/mol. The first kappa shape index (κ1) is 21.0. The van der Waals surface area contributed by atoms with E-state index in [2.05, 4.69) is 31.0 Å². The Labute approximate surface area is 163 Å². The summed E-state index contributed by atoms with van der Waals surface area (Å²) >= 11 is 0. The van der Waals surface area contributed by atoms with Crippen molar-refractivity contribution >= 4 is 5.91 Å². The zero-order valence-electron chi connectivity index (χ0n) is 17.2. The summed E-state index contributed by atoms with van der Waals surface area (Å²) in [5.74, 6) is 0.762. The quantitative estimate of drug-likeness (QED) is 0.691. The summed E-state index contributed by atoms with van der Waals surface area (Å²) in [5, 5.41) is 3.07. The zero-order valence-corrected chi connectivity index (χ0v) is 17.2. The molecule has 0 spiro atoms. The van der Waals surface area contributed by atoms with Gasteiger partial charge in [-0.2, -0.15) is 0 Å².